The van der Waals surface area contributed by atoms with E-state index in [0.717, 1.165) is 0 Å². The highest BCUT2D eigenvalue weighted by Gasteiger charge is 2.12. The number of benzene rings is 1. The van der Waals surface area contributed by atoms with E-state index in [2.05, 4.69) is 25.8 Å². The molecule has 116 valence electrons. The molecule has 0 bridgehead atoms. The van der Waals surface area contributed by atoms with Gasteiger partial charge in [-0.2, -0.15) is 10.1 Å². The number of esters is 1. The summed E-state index contributed by atoms with van der Waals surface area (Å²) in [5, 5.41) is 13.8. The first kappa shape index (κ1) is 15.6. The largest absolute Gasteiger partial charge is 0.465 e. The second-order valence-electron chi connectivity index (χ2n) is 4.25. The number of methoxy groups -OCH3 is 2. The van der Waals surface area contributed by atoms with Crippen LogP contribution in [0.5, 0.6) is 0 Å². The zero-order chi connectivity index (χ0) is 15.8. The first-order valence-electron chi connectivity index (χ1n) is 6.61. The molecule has 0 saturated carbocycles. The Morgan fingerprint density at radius 2 is 2.09 bits per heavy atom. The van der Waals surface area contributed by atoms with Crippen LogP contribution in [-0.4, -0.2) is 48.5 Å². The Balaban J connectivity index is 2.14. The molecule has 0 unspecified atom stereocenters. The highest BCUT2D eigenvalue weighted by atomic mass is 16.5. The van der Waals surface area contributed by atoms with Crippen molar-refractivity contribution in [2.45, 2.75) is 0 Å². The number of rotatable bonds is 7. The van der Waals surface area contributed by atoms with Gasteiger partial charge in [-0.1, -0.05) is 12.1 Å². The number of carbonyl (C=O) groups is 1. The van der Waals surface area contributed by atoms with Gasteiger partial charge in [0.15, 0.2) is 5.82 Å². The normalized spacial score (nSPS) is 10.1. The smallest absolute Gasteiger partial charge is 0.339 e. The number of hydrogen-bond acceptors (Lipinski definition) is 8. The van der Waals surface area contributed by atoms with Gasteiger partial charge in [0.25, 0.3) is 0 Å². The third-order valence-corrected chi connectivity index (χ3v) is 2.75. The van der Waals surface area contributed by atoms with E-state index in [9.17, 15) is 4.79 Å². The van der Waals surface area contributed by atoms with Gasteiger partial charge in [-0.25, -0.2) is 4.79 Å². The van der Waals surface area contributed by atoms with Crippen LogP contribution in [0, 0.1) is 0 Å². The summed E-state index contributed by atoms with van der Waals surface area (Å²) in [5.74, 6) is 0.398. The third kappa shape index (κ3) is 4.13. The van der Waals surface area contributed by atoms with Gasteiger partial charge in [0, 0.05) is 13.7 Å². The van der Waals surface area contributed by atoms with E-state index in [1.54, 1.807) is 31.4 Å². The van der Waals surface area contributed by atoms with Crippen LogP contribution in [0.1, 0.15) is 10.4 Å². The van der Waals surface area contributed by atoms with Crippen LogP contribution < -0.4 is 10.6 Å². The second kappa shape index (κ2) is 7.89. The van der Waals surface area contributed by atoms with Crippen molar-refractivity contribution in [3.05, 3.63) is 36.0 Å². The average molecular weight is 303 g/mol. The van der Waals surface area contributed by atoms with E-state index < -0.39 is 5.97 Å². The van der Waals surface area contributed by atoms with Gasteiger partial charge in [-0.15, -0.1) is 5.10 Å². The quantitative estimate of drug-likeness (QED) is 0.586. The maximum absolute atomic E-state index is 11.7. The first-order valence-corrected chi connectivity index (χ1v) is 6.61. The van der Waals surface area contributed by atoms with Crippen molar-refractivity contribution in [2.75, 3.05) is 38.0 Å². The minimum atomic E-state index is -0.439. The van der Waals surface area contributed by atoms with E-state index in [1.165, 1.54) is 13.3 Å². The summed E-state index contributed by atoms with van der Waals surface area (Å²) in [6, 6.07) is 6.94. The SMILES string of the molecule is COCCNc1cnnc(Nc2ccccc2C(=O)OC)n1. The van der Waals surface area contributed by atoms with Crippen molar-refractivity contribution in [2.24, 2.45) is 0 Å². The van der Waals surface area contributed by atoms with Gasteiger partial charge in [-0.05, 0) is 12.1 Å². The van der Waals surface area contributed by atoms with E-state index in [0.29, 0.717) is 30.2 Å². The van der Waals surface area contributed by atoms with Crippen LogP contribution in [0.2, 0.25) is 0 Å². The second-order valence-corrected chi connectivity index (χ2v) is 4.25. The predicted octanol–water partition coefficient (Wildman–Crippen LogP) is 1.46. The summed E-state index contributed by atoms with van der Waals surface area (Å²) in [7, 11) is 2.95. The van der Waals surface area contributed by atoms with Gasteiger partial charge in [0.05, 0.1) is 31.2 Å². The molecule has 0 aliphatic carbocycles. The van der Waals surface area contributed by atoms with Crippen molar-refractivity contribution >= 4 is 23.4 Å². The van der Waals surface area contributed by atoms with Crippen molar-refractivity contribution in [1.82, 2.24) is 15.2 Å². The maximum Gasteiger partial charge on any atom is 0.339 e. The number of nitrogens with zero attached hydrogens (tertiary/aromatic N) is 3. The Kier molecular flexibility index (Phi) is 5.61. The third-order valence-electron chi connectivity index (χ3n) is 2.75. The zero-order valence-corrected chi connectivity index (χ0v) is 12.4. The van der Waals surface area contributed by atoms with Gasteiger partial charge in [-0.3, -0.25) is 0 Å². The number of carbonyl (C=O) groups excluding carboxylic acids is 1. The summed E-state index contributed by atoms with van der Waals surface area (Å²) in [4.78, 5) is 16.0. The molecule has 0 atom stereocenters. The number of para-hydroxylation sites is 1. The molecule has 2 aromatic rings. The maximum atomic E-state index is 11.7. The molecule has 22 heavy (non-hydrogen) atoms. The van der Waals surface area contributed by atoms with Crippen molar-refractivity contribution in [3.8, 4) is 0 Å². The summed E-state index contributed by atoms with van der Waals surface area (Å²) in [6.45, 7) is 1.16. The van der Waals surface area contributed by atoms with Crippen LogP contribution >= 0.6 is 0 Å². The van der Waals surface area contributed by atoms with Gasteiger partial charge >= 0.3 is 5.97 Å². The van der Waals surface area contributed by atoms with Crippen molar-refractivity contribution < 1.29 is 14.3 Å². The van der Waals surface area contributed by atoms with E-state index in [1.807, 2.05) is 0 Å². The molecule has 0 aliphatic heterocycles. The van der Waals surface area contributed by atoms with Crippen LogP contribution in [0.4, 0.5) is 17.5 Å². The summed E-state index contributed by atoms with van der Waals surface area (Å²) >= 11 is 0. The van der Waals surface area contributed by atoms with Crippen molar-refractivity contribution in [1.29, 1.82) is 0 Å². The number of nitrogens with one attached hydrogen (secondary N) is 2. The lowest BCUT2D eigenvalue weighted by molar-refractivity contribution is 0.0602. The first-order chi connectivity index (χ1) is 10.7. The number of ether oxygens (including phenoxy) is 2. The summed E-state index contributed by atoms with van der Waals surface area (Å²) < 4.78 is 9.69. The Morgan fingerprint density at radius 3 is 2.86 bits per heavy atom. The minimum Gasteiger partial charge on any atom is -0.465 e. The highest BCUT2D eigenvalue weighted by Crippen LogP contribution is 2.19. The lowest BCUT2D eigenvalue weighted by atomic mass is 10.2. The monoisotopic (exact) mass is 303 g/mol. The topological polar surface area (TPSA) is 98.3 Å². The van der Waals surface area contributed by atoms with E-state index in [-0.39, 0.29) is 5.95 Å². The summed E-state index contributed by atoms with van der Waals surface area (Å²) in [5.41, 5.74) is 0.941. The number of aromatic nitrogens is 3. The predicted molar refractivity (Wildman–Crippen MR) is 81.3 cm³/mol. The van der Waals surface area contributed by atoms with Gasteiger partial charge in [0.1, 0.15) is 0 Å². The fraction of sp³-hybridized carbons (Fsp3) is 0.286. The molecule has 0 fully saturated rings. The molecule has 8 nitrogen and oxygen atoms in total. The molecule has 0 amide bonds. The fourth-order valence-corrected chi connectivity index (χ4v) is 1.72. The average Bonchev–Trinajstić information content (AvgIpc) is 2.55. The molecule has 8 heteroatoms. The Hall–Kier alpha value is -2.74. The summed E-state index contributed by atoms with van der Waals surface area (Å²) in [6.07, 6.45) is 1.51. The molecular formula is C14H17N5O3. The number of hydrogen-bond donors (Lipinski definition) is 2. The molecule has 0 saturated heterocycles. The molecule has 0 radical (unpaired) electrons. The molecule has 1 aromatic carbocycles. The van der Waals surface area contributed by atoms with Crippen LogP contribution in [0.15, 0.2) is 30.5 Å². The molecular weight excluding hydrogens is 286 g/mol. The highest BCUT2D eigenvalue weighted by molar-refractivity contribution is 5.96. The molecule has 1 heterocycles. The van der Waals surface area contributed by atoms with E-state index in [4.69, 9.17) is 9.47 Å². The molecule has 0 spiro atoms. The minimum absolute atomic E-state index is 0.277. The number of anilines is 3. The lowest BCUT2D eigenvalue weighted by Gasteiger charge is -2.10. The standard InChI is InChI=1S/C14H17N5O3/c1-21-8-7-15-12-9-16-19-14(18-12)17-11-6-4-3-5-10(11)13(20)22-2/h3-6,9H,7-8H2,1-2H3,(H2,15,17,18,19). The molecule has 0 aliphatic rings. The molecule has 2 N–H and O–H groups in total. The Bertz CT molecular complexity index is 635. The van der Waals surface area contributed by atoms with Crippen LogP contribution in [0.25, 0.3) is 0 Å². The van der Waals surface area contributed by atoms with Gasteiger partial charge in [0.2, 0.25) is 5.95 Å². The fourth-order valence-electron chi connectivity index (χ4n) is 1.72. The Morgan fingerprint density at radius 1 is 1.27 bits per heavy atom. The lowest BCUT2D eigenvalue weighted by Crippen LogP contribution is -2.11. The van der Waals surface area contributed by atoms with Crippen molar-refractivity contribution in [3.63, 3.8) is 0 Å². The Labute approximate surface area is 127 Å². The zero-order valence-electron chi connectivity index (χ0n) is 12.4. The van der Waals surface area contributed by atoms with Crippen LogP contribution in [-0.2, 0) is 9.47 Å². The molecule has 1 aromatic heterocycles. The van der Waals surface area contributed by atoms with E-state index >= 15 is 0 Å². The molecule has 2 rings (SSSR count). The van der Waals surface area contributed by atoms with Gasteiger partial charge < -0.3 is 20.1 Å². The van der Waals surface area contributed by atoms with Crippen LogP contribution in [0.3, 0.4) is 0 Å².